The van der Waals surface area contributed by atoms with Crippen LogP contribution >= 0.6 is 0 Å². The molecule has 0 heterocycles. The van der Waals surface area contributed by atoms with E-state index in [0.29, 0.717) is 0 Å². The van der Waals surface area contributed by atoms with Crippen LogP contribution in [0.5, 0.6) is 0 Å². The normalized spacial score (nSPS) is 0.750. The second kappa shape index (κ2) is 20.4. The average Bonchev–Trinajstić information content (AvgIpc) is 1.00. The van der Waals surface area contributed by atoms with E-state index in [-0.39, 0.29) is 64.2 Å². The zero-order valence-electron chi connectivity index (χ0n) is 1.43. The monoisotopic (exact) mass is 272 g/mol. The van der Waals surface area contributed by atoms with E-state index in [1.807, 2.05) is 0 Å². The van der Waals surface area contributed by atoms with Crippen LogP contribution in [0.4, 0.5) is 0 Å². The largest absolute Gasteiger partial charge is 0 e. The Balaban J connectivity index is -0.00000000500. The van der Waals surface area contributed by atoms with Crippen LogP contribution in [0.3, 0.4) is 0 Å². The summed E-state index contributed by atoms with van der Waals surface area (Å²) in [6.07, 6.45) is 0. The van der Waals surface area contributed by atoms with Gasteiger partial charge in [0.05, 0.1) is 0 Å². The maximum atomic E-state index is 8.36. The van der Waals surface area contributed by atoms with Crippen molar-refractivity contribution < 1.29 is 50.1 Å². The van der Waals surface area contributed by atoms with Crippen LogP contribution in [0.15, 0.2) is 0 Å². The van der Waals surface area contributed by atoms with Crippen LogP contribution in [0, 0.1) is 0 Å². The van der Waals surface area contributed by atoms with Gasteiger partial charge in [-0.1, -0.05) is 0 Å². The van der Waals surface area contributed by atoms with Gasteiger partial charge >= 0.3 is 24.3 Å². The molecule has 0 aliphatic carbocycles. The molecule has 0 rings (SSSR count). The molecule has 1 nitrogen and oxygen atoms in total. The molecule has 0 fully saturated rings. The van der Waals surface area contributed by atoms with Crippen molar-refractivity contribution in [3.63, 3.8) is 0 Å². The molecular formula is H3AlOScTa. The molecule has 0 amide bonds. The third kappa shape index (κ3) is 9.05. The van der Waals surface area contributed by atoms with Crippen molar-refractivity contribution in [2.45, 2.75) is 0 Å². The third-order valence-electron chi connectivity index (χ3n) is 0. The van der Waals surface area contributed by atoms with E-state index in [1.165, 1.54) is 0 Å². The maximum Gasteiger partial charge on any atom is 0 e. The van der Waals surface area contributed by atoms with Gasteiger partial charge in [-0.15, -0.1) is 0 Å². The van der Waals surface area contributed by atoms with Gasteiger partial charge in [-0.25, -0.2) is 0 Å². The Kier molecular flexibility index (Phi) is 85.3. The molecule has 0 aromatic heterocycles. The first-order valence-corrected chi connectivity index (χ1v) is 1.49. The molecular weight excluding hydrogens is 269 g/mol. The zero-order chi connectivity index (χ0) is 2.00. The molecule has 0 bridgehead atoms. The molecule has 20 valence electrons. The molecule has 0 aliphatic rings. The molecule has 0 N–H and O–H groups in total. The van der Waals surface area contributed by atoms with Crippen molar-refractivity contribution in [3.05, 3.63) is 0 Å². The van der Waals surface area contributed by atoms with E-state index in [2.05, 4.69) is 0 Å². The van der Waals surface area contributed by atoms with Crippen LogP contribution in [-0.2, 0) is 50.1 Å². The van der Waals surface area contributed by atoms with Gasteiger partial charge in [0.25, 0.3) is 0 Å². The standard InChI is InChI=1S/Al.O.Sc.Ta.3H. The minimum atomic E-state index is 0. The summed E-state index contributed by atoms with van der Waals surface area (Å²) in [5, 5.41) is 0. The van der Waals surface area contributed by atoms with E-state index in [4.69, 9.17) is 3.25 Å². The summed E-state index contributed by atoms with van der Waals surface area (Å²) in [6, 6.07) is 0. The fourth-order valence-electron chi connectivity index (χ4n) is 0. The second-order valence-electron chi connectivity index (χ2n) is 0. The minimum absolute atomic E-state index is 0. The van der Waals surface area contributed by atoms with Crippen LogP contribution in [0.2, 0.25) is 0 Å². The quantitative estimate of drug-likeness (QED) is 0.500. The van der Waals surface area contributed by atoms with Crippen molar-refractivity contribution in [1.82, 2.24) is 0 Å². The number of hydrogen-bond donors (Lipinski definition) is 0. The Bertz CT molecular complexity index is 8.00. The van der Waals surface area contributed by atoms with Crippen LogP contribution in [-0.4, -0.2) is 17.4 Å². The smallest absolute Gasteiger partial charge is 0 e. The fraction of sp³-hybridized carbons (Fsp3) is 0. The first-order valence-electron chi connectivity index (χ1n) is 0.183. The molecule has 4 heteroatoms. The molecule has 4 heavy (non-hydrogen) atoms. The Morgan fingerprint density at radius 1 is 1.25 bits per heavy atom. The Labute approximate surface area is 66.7 Å². The summed E-state index contributed by atoms with van der Waals surface area (Å²) in [4.78, 5) is 0. The van der Waals surface area contributed by atoms with Gasteiger partial charge in [0, 0.05) is 25.8 Å². The number of hydrogen-bond acceptors (Lipinski definition) is 1. The van der Waals surface area contributed by atoms with Gasteiger partial charge in [0.1, 0.15) is 0 Å². The maximum absolute atomic E-state index is 8.36. The summed E-state index contributed by atoms with van der Waals surface area (Å²) in [5.74, 6) is 0. The van der Waals surface area contributed by atoms with E-state index in [0.717, 1.165) is 0 Å². The average molecular weight is 272 g/mol. The van der Waals surface area contributed by atoms with Crippen LogP contribution < -0.4 is 0 Å². The summed E-state index contributed by atoms with van der Waals surface area (Å²) < 4.78 is 8.36. The first-order chi connectivity index (χ1) is 1.00. The number of rotatable bonds is 0. The zero-order valence-corrected chi connectivity index (χ0v) is 6.45. The van der Waals surface area contributed by atoms with E-state index >= 15 is 0 Å². The van der Waals surface area contributed by atoms with Crippen molar-refractivity contribution in [3.8, 4) is 0 Å². The molecule has 0 aliphatic heterocycles. The molecule has 0 atom stereocenters. The third-order valence-corrected chi connectivity index (χ3v) is 0. The predicted molar refractivity (Wildman–Crippen MR) is 10.6 cm³/mol. The summed E-state index contributed by atoms with van der Waals surface area (Å²) in [6.45, 7) is 0. The molecule has 0 saturated carbocycles. The Morgan fingerprint density at radius 3 is 1.25 bits per heavy atom. The molecule has 0 spiro atoms. The van der Waals surface area contributed by atoms with Gasteiger partial charge in [0.2, 0.25) is 0 Å². The summed E-state index contributed by atoms with van der Waals surface area (Å²) in [5.41, 5.74) is 0. The predicted octanol–water partition coefficient (Wildman–Crippen LogP) is -1.31. The minimum Gasteiger partial charge on any atom is 0 e. The Hall–Kier alpha value is 1.94. The van der Waals surface area contributed by atoms with Crippen molar-refractivity contribution >= 4 is 17.4 Å². The van der Waals surface area contributed by atoms with Crippen molar-refractivity contribution in [2.75, 3.05) is 0 Å². The van der Waals surface area contributed by atoms with Gasteiger partial charge < -0.3 is 0 Å². The van der Waals surface area contributed by atoms with Gasteiger partial charge in [-0.05, 0) is 0 Å². The van der Waals surface area contributed by atoms with E-state index in [1.54, 1.807) is 0 Å². The van der Waals surface area contributed by atoms with Crippen molar-refractivity contribution in [1.29, 1.82) is 0 Å². The van der Waals surface area contributed by atoms with Crippen LogP contribution in [0.25, 0.3) is 0 Å². The van der Waals surface area contributed by atoms with E-state index < -0.39 is 0 Å². The molecule has 0 aromatic rings. The van der Waals surface area contributed by atoms with Gasteiger partial charge in [0.15, 0.2) is 17.4 Å². The molecule has 0 aromatic carbocycles. The molecule has 0 unspecified atom stereocenters. The summed E-state index contributed by atoms with van der Waals surface area (Å²) >= 11 is 0.194. The van der Waals surface area contributed by atoms with Crippen molar-refractivity contribution in [2.24, 2.45) is 0 Å². The van der Waals surface area contributed by atoms with Gasteiger partial charge in [-0.3, -0.25) is 0 Å². The molecule has 0 saturated heterocycles. The Morgan fingerprint density at radius 2 is 1.25 bits per heavy atom. The van der Waals surface area contributed by atoms with Gasteiger partial charge in [-0.2, -0.15) is 0 Å². The van der Waals surface area contributed by atoms with E-state index in [9.17, 15) is 0 Å². The molecule has 1 radical (unpaired) electrons. The topological polar surface area (TPSA) is 17.1 Å². The second-order valence-corrected chi connectivity index (χ2v) is 0. The summed E-state index contributed by atoms with van der Waals surface area (Å²) in [7, 11) is 0. The fourth-order valence-corrected chi connectivity index (χ4v) is 0. The first kappa shape index (κ1) is 16.8. The van der Waals surface area contributed by atoms with Crippen LogP contribution in [0.1, 0.15) is 0 Å². The SMILES string of the molecule is [AlH3].[O]=[Ta].[Sc].